The van der Waals surface area contributed by atoms with Crippen LogP contribution in [0.1, 0.15) is 12.7 Å². The van der Waals surface area contributed by atoms with E-state index in [2.05, 4.69) is 26.1 Å². The molecular formula is C15H19BrN2O2. The first-order chi connectivity index (χ1) is 9.63. The standard InChI is InChI=1S/C15H19BrN2O2/c1-15(10-19,18-6-4-17-5-7-18)14-9-11-8-12(16)2-3-13(11)20-14/h2-3,8-9,17,19H,4-7,10H2,1H3. The summed E-state index contributed by atoms with van der Waals surface area (Å²) < 4.78 is 7.02. The highest BCUT2D eigenvalue weighted by Crippen LogP contribution is 2.33. The Labute approximate surface area is 126 Å². The van der Waals surface area contributed by atoms with Crippen molar-refractivity contribution in [3.63, 3.8) is 0 Å². The van der Waals surface area contributed by atoms with E-state index < -0.39 is 5.54 Å². The van der Waals surface area contributed by atoms with Gasteiger partial charge in [0.15, 0.2) is 0 Å². The summed E-state index contributed by atoms with van der Waals surface area (Å²) >= 11 is 3.48. The second-order valence-corrected chi connectivity index (χ2v) is 6.38. The lowest BCUT2D eigenvalue weighted by Crippen LogP contribution is -2.54. The number of benzene rings is 1. The Hall–Kier alpha value is -0.880. The van der Waals surface area contributed by atoms with E-state index in [0.717, 1.165) is 47.4 Å². The van der Waals surface area contributed by atoms with Crippen molar-refractivity contribution in [3.8, 4) is 0 Å². The van der Waals surface area contributed by atoms with Crippen molar-refractivity contribution < 1.29 is 9.52 Å². The lowest BCUT2D eigenvalue weighted by Gasteiger charge is -2.41. The fraction of sp³-hybridized carbons (Fsp3) is 0.467. The van der Waals surface area contributed by atoms with Gasteiger partial charge in [-0.25, -0.2) is 0 Å². The van der Waals surface area contributed by atoms with Gasteiger partial charge in [0, 0.05) is 36.0 Å². The SMILES string of the molecule is CC(CO)(c1cc2cc(Br)ccc2o1)N1CCNCC1. The quantitative estimate of drug-likeness (QED) is 0.901. The molecule has 1 fully saturated rings. The van der Waals surface area contributed by atoms with Crippen LogP contribution >= 0.6 is 15.9 Å². The summed E-state index contributed by atoms with van der Waals surface area (Å²) in [4.78, 5) is 2.29. The Kier molecular flexibility index (Phi) is 3.86. The van der Waals surface area contributed by atoms with E-state index in [1.807, 2.05) is 31.2 Å². The predicted molar refractivity (Wildman–Crippen MR) is 82.8 cm³/mol. The smallest absolute Gasteiger partial charge is 0.134 e. The molecule has 0 spiro atoms. The number of aliphatic hydroxyl groups is 1. The zero-order valence-electron chi connectivity index (χ0n) is 11.5. The monoisotopic (exact) mass is 338 g/mol. The lowest BCUT2D eigenvalue weighted by molar-refractivity contribution is 0.0165. The highest BCUT2D eigenvalue weighted by molar-refractivity contribution is 9.10. The van der Waals surface area contributed by atoms with Gasteiger partial charge in [-0.1, -0.05) is 15.9 Å². The van der Waals surface area contributed by atoms with E-state index >= 15 is 0 Å². The van der Waals surface area contributed by atoms with Crippen molar-refractivity contribution in [1.82, 2.24) is 10.2 Å². The predicted octanol–water partition coefficient (Wildman–Crippen LogP) is 2.31. The molecule has 1 aromatic heterocycles. The highest BCUT2D eigenvalue weighted by atomic mass is 79.9. The van der Waals surface area contributed by atoms with Crippen molar-refractivity contribution in [2.45, 2.75) is 12.5 Å². The molecule has 0 bridgehead atoms. The van der Waals surface area contributed by atoms with Gasteiger partial charge in [-0.15, -0.1) is 0 Å². The van der Waals surface area contributed by atoms with Crippen LogP contribution in [0.2, 0.25) is 0 Å². The molecule has 20 heavy (non-hydrogen) atoms. The molecule has 1 unspecified atom stereocenters. The number of nitrogens with one attached hydrogen (secondary N) is 1. The molecule has 0 aliphatic carbocycles. The molecule has 1 saturated heterocycles. The Morgan fingerprint density at radius 2 is 2.10 bits per heavy atom. The normalized spacial score (nSPS) is 20.1. The van der Waals surface area contributed by atoms with E-state index in [0.29, 0.717) is 0 Å². The second-order valence-electron chi connectivity index (χ2n) is 5.46. The van der Waals surface area contributed by atoms with E-state index in [9.17, 15) is 5.11 Å². The maximum Gasteiger partial charge on any atom is 0.134 e. The van der Waals surface area contributed by atoms with Gasteiger partial charge in [-0.05, 0) is 31.2 Å². The number of piperazine rings is 1. The van der Waals surface area contributed by atoms with Gasteiger partial charge in [0.2, 0.25) is 0 Å². The Morgan fingerprint density at radius 3 is 2.80 bits per heavy atom. The van der Waals surface area contributed by atoms with Crippen LogP contribution in [0.25, 0.3) is 11.0 Å². The molecule has 2 aromatic rings. The Balaban J connectivity index is 2.01. The number of fused-ring (bicyclic) bond motifs is 1. The van der Waals surface area contributed by atoms with E-state index in [4.69, 9.17) is 4.42 Å². The van der Waals surface area contributed by atoms with Gasteiger partial charge in [0.05, 0.1) is 12.1 Å². The Morgan fingerprint density at radius 1 is 1.35 bits per heavy atom. The largest absolute Gasteiger partial charge is 0.459 e. The van der Waals surface area contributed by atoms with E-state index in [-0.39, 0.29) is 6.61 Å². The van der Waals surface area contributed by atoms with Gasteiger partial charge in [-0.3, -0.25) is 4.90 Å². The fourth-order valence-electron chi connectivity index (χ4n) is 2.77. The maximum absolute atomic E-state index is 9.94. The van der Waals surface area contributed by atoms with Crippen molar-refractivity contribution in [1.29, 1.82) is 0 Å². The summed E-state index contributed by atoms with van der Waals surface area (Å²) in [6.07, 6.45) is 0. The molecule has 3 rings (SSSR count). The van der Waals surface area contributed by atoms with Crippen molar-refractivity contribution in [3.05, 3.63) is 34.5 Å². The summed E-state index contributed by atoms with van der Waals surface area (Å²) in [7, 11) is 0. The van der Waals surface area contributed by atoms with Crippen LogP contribution in [0.5, 0.6) is 0 Å². The van der Waals surface area contributed by atoms with Gasteiger partial charge < -0.3 is 14.8 Å². The van der Waals surface area contributed by atoms with Crippen LogP contribution in [0.3, 0.4) is 0 Å². The van der Waals surface area contributed by atoms with Gasteiger partial charge in [0.1, 0.15) is 11.3 Å². The molecule has 108 valence electrons. The second kappa shape index (κ2) is 5.48. The number of furan rings is 1. The molecule has 2 heterocycles. The van der Waals surface area contributed by atoms with Crippen LogP contribution in [0, 0.1) is 0 Å². The van der Waals surface area contributed by atoms with Crippen LogP contribution in [-0.2, 0) is 5.54 Å². The first-order valence-corrected chi connectivity index (χ1v) is 7.69. The number of rotatable bonds is 3. The van der Waals surface area contributed by atoms with Crippen LogP contribution < -0.4 is 5.32 Å². The molecule has 0 radical (unpaired) electrons. The summed E-state index contributed by atoms with van der Waals surface area (Å²) in [6, 6.07) is 8.01. The molecule has 0 saturated carbocycles. The molecule has 0 amide bonds. The van der Waals surface area contributed by atoms with Gasteiger partial charge >= 0.3 is 0 Å². The summed E-state index contributed by atoms with van der Waals surface area (Å²) in [6.45, 7) is 5.82. The fourth-order valence-corrected chi connectivity index (χ4v) is 3.15. The molecule has 1 aromatic carbocycles. The average molecular weight is 339 g/mol. The molecule has 1 aliphatic heterocycles. The zero-order chi connectivity index (χ0) is 14.2. The van der Waals surface area contributed by atoms with Crippen molar-refractivity contribution in [2.75, 3.05) is 32.8 Å². The highest BCUT2D eigenvalue weighted by Gasteiger charge is 2.37. The van der Waals surface area contributed by atoms with Crippen LogP contribution in [0.4, 0.5) is 0 Å². The minimum Gasteiger partial charge on any atom is -0.459 e. The number of halogens is 1. The molecule has 4 nitrogen and oxygen atoms in total. The maximum atomic E-state index is 9.94. The van der Waals surface area contributed by atoms with Crippen LogP contribution in [0.15, 0.2) is 33.2 Å². The number of hydrogen-bond donors (Lipinski definition) is 2. The zero-order valence-corrected chi connectivity index (χ0v) is 13.1. The molecular weight excluding hydrogens is 320 g/mol. The summed E-state index contributed by atoms with van der Waals surface area (Å²) in [5, 5.41) is 14.3. The van der Waals surface area contributed by atoms with Crippen molar-refractivity contribution in [2.24, 2.45) is 0 Å². The molecule has 5 heteroatoms. The number of nitrogens with zero attached hydrogens (tertiary/aromatic N) is 1. The first-order valence-electron chi connectivity index (χ1n) is 6.90. The molecule has 2 N–H and O–H groups in total. The lowest BCUT2D eigenvalue weighted by atomic mass is 9.96. The minimum absolute atomic E-state index is 0.0496. The third-order valence-corrected chi connectivity index (χ3v) is 4.63. The molecule has 1 aliphatic rings. The minimum atomic E-state index is -0.465. The topological polar surface area (TPSA) is 48.6 Å². The van der Waals surface area contributed by atoms with Crippen LogP contribution in [-0.4, -0.2) is 42.8 Å². The average Bonchev–Trinajstić information content (AvgIpc) is 2.90. The van der Waals surface area contributed by atoms with Crippen molar-refractivity contribution >= 4 is 26.9 Å². The Bertz CT molecular complexity index is 607. The number of aliphatic hydroxyl groups excluding tert-OH is 1. The third-order valence-electron chi connectivity index (χ3n) is 4.13. The van der Waals surface area contributed by atoms with Gasteiger partial charge in [0.25, 0.3) is 0 Å². The van der Waals surface area contributed by atoms with E-state index in [1.165, 1.54) is 0 Å². The third kappa shape index (κ3) is 2.39. The summed E-state index contributed by atoms with van der Waals surface area (Å²) in [5.41, 5.74) is 0.395. The first kappa shape index (κ1) is 14.1. The number of hydrogen-bond acceptors (Lipinski definition) is 4. The molecule has 1 atom stereocenters. The summed E-state index contributed by atoms with van der Waals surface area (Å²) in [5.74, 6) is 0.829. The van der Waals surface area contributed by atoms with E-state index in [1.54, 1.807) is 0 Å². The van der Waals surface area contributed by atoms with Gasteiger partial charge in [-0.2, -0.15) is 0 Å².